The van der Waals surface area contributed by atoms with Gasteiger partial charge >= 0.3 is 0 Å². The van der Waals surface area contributed by atoms with Crippen LogP contribution in [0.1, 0.15) is 79.9 Å². The minimum Gasteiger partial charge on any atom is -0.311 e. The van der Waals surface area contributed by atoms with Gasteiger partial charge in [0.1, 0.15) is 0 Å². The van der Waals surface area contributed by atoms with Crippen molar-refractivity contribution in [3.63, 3.8) is 0 Å². The molecule has 0 bridgehead atoms. The van der Waals surface area contributed by atoms with E-state index >= 15 is 0 Å². The van der Waals surface area contributed by atoms with Gasteiger partial charge in [0, 0.05) is 62.4 Å². The van der Waals surface area contributed by atoms with Crippen LogP contribution in [-0.2, 0) is 5.41 Å². The molecule has 0 spiro atoms. The van der Waals surface area contributed by atoms with Crippen molar-refractivity contribution < 1.29 is 0 Å². The Labute approximate surface area is 543 Å². The maximum Gasteiger partial charge on any atom is 0.252 e. The van der Waals surface area contributed by atoms with Gasteiger partial charge in [0.25, 0.3) is 6.71 Å². The highest BCUT2D eigenvalue weighted by molar-refractivity contribution is 7.00. The Morgan fingerprint density at radius 2 is 0.880 bits per heavy atom. The molecule has 3 nitrogen and oxygen atoms in total. The first kappa shape index (κ1) is 56.1. The predicted octanol–water partition coefficient (Wildman–Crippen LogP) is 21.6. The van der Waals surface area contributed by atoms with Crippen LogP contribution in [0.5, 0.6) is 0 Å². The summed E-state index contributed by atoms with van der Waals surface area (Å²) in [4.78, 5) is 5.23. The number of hydrogen-bond acceptors (Lipinski definition) is 2. The fourth-order valence-corrected chi connectivity index (χ4v) is 16.2. The Morgan fingerprint density at radius 3 is 1.45 bits per heavy atom. The van der Waals surface area contributed by atoms with Crippen molar-refractivity contribution in [2.24, 2.45) is 28.6 Å². The lowest BCUT2D eigenvalue weighted by Crippen LogP contribution is -2.61. The van der Waals surface area contributed by atoms with E-state index in [2.05, 4.69) is 344 Å². The number of allylic oxidation sites excluding steroid dienone is 12. The number of fused-ring (bicyclic) bond motifs is 7. The van der Waals surface area contributed by atoms with Gasteiger partial charge in [-0.2, -0.15) is 0 Å². The van der Waals surface area contributed by atoms with Gasteiger partial charge in [-0.05, 0) is 184 Å². The van der Waals surface area contributed by atoms with Crippen molar-refractivity contribution in [2.45, 2.75) is 74.1 Å². The summed E-state index contributed by atoms with van der Waals surface area (Å²) >= 11 is 0. The van der Waals surface area contributed by atoms with Gasteiger partial charge in [-0.3, -0.25) is 0 Å². The van der Waals surface area contributed by atoms with Crippen molar-refractivity contribution in [3.8, 4) is 39.1 Å². The lowest BCUT2D eigenvalue weighted by atomic mass is 9.33. The highest BCUT2D eigenvalue weighted by Gasteiger charge is 2.47. The van der Waals surface area contributed by atoms with Crippen molar-refractivity contribution in [1.82, 2.24) is 4.57 Å². The SMILES string of the molecule is CC(C)(C)C1=CC2=CC(c3ccc4c(c3)N(c3ccc(-c5ccccc5)cc3)c3cc(-c5ccc(C(C)(C)C)cc5)cc5c3B4c3ccc(-n4c6ccccc6c6ccccc64)cc3N5c3ccc(-c4ccccc4)cc3)=C3C=C(C(C)(C)C)CC4C=CC(=C1)C2C34. The summed E-state index contributed by atoms with van der Waals surface area (Å²) in [6.07, 6.45) is 16.5. The zero-order valence-corrected chi connectivity index (χ0v) is 54.3. The molecule has 0 amide bonds. The standard InChI is InChI=1S/C88H76BN3/c1-86(2,3)65-37-30-59(31-38-65)63-51-81-85-82(52-63)91(69-41-34-58(35-42-69)56-22-14-11-15-23-56)80-54-70(92-77-26-18-16-24-71(77)72-25-17-19-27-78(72)92)43-45-76(80)89(85)75-44-36-60(50-79(75)90(81)68-39-32-57(33-40-68)55-20-12-10-13-21-55)73-49-64-48-66(87(4,5)6)46-61-28-29-62-47-67(88(7,8)9)53-74(73)84(62)83(61)64/h10-46,48-54,62,83-84H,47H2,1-9H3. The molecule has 0 N–H and O–H groups in total. The number of nitrogens with zero attached hydrogens (tertiary/aromatic N) is 3. The van der Waals surface area contributed by atoms with Crippen molar-refractivity contribution in [3.05, 3.63) is 306 Å². The highest BCUT2D eigenvalue weighted by Crippen LogP contribution is 2.58. The average molecular weight is 1190 g/mol. The normalized spacial score (nSPS) is 18.0. The highest BCUT2D eigenvalue weighted by atomic mass is 15.2. The second kappa shape index (κ2) is 20.8. The lowest BCUT2D eigenvalue weighted by molar-refractivity contribution is 0.329. The zero-order chi connectivity index (χ0) is 62.5. The number of aromatic nitrogens is 1. The van der Waals surface area contributed by atoms with Gasteiger partial charge in [-0.25, -0.2) is 0 Å². The fourth-order valence-electron chi connectivity index (χ4n) is 16.2. The Hall–Kier alpha value is -9.90. The Balaban J connectivity index is 0.956. The van der Waals surface area contributed by atoms with Gasteiger partial charge < -0.3 is 14.4 Å². The topological polar surface area (TPSA) is 11.4 Å². The first-order chi connectivity index (χ1) is 44.5. The van der Waals surface area contributed by atoms with E-state index in [1.807, 2.05) is 0 Å². The second-order valence-corrected chi connectivity index (χ2v) is 29.7. The molecule has 17 rings (SSSR count). The summed E-state index contributed by atoms with van der Waals surface area (Å²) in [5.41, 5.74) is 32.8. The van der Waals surface area contributed by atoms with E-state index in [4.69, 9.17) is 0 Å². The van der Waals surface area contributed by atoms with E-state index < -0.39 is 0 Å². The van der Waals surface area contributed by atoms with Crippen LogP contribution in [0.2, 0.25) is 0 Å². The average Bonchev–Trinajstić information content (AvgIpc) is 0.936. The van der Waals surface area contributed by atoms with E-state index in [9.17, 15) is 0 Å². The molecule has 3 unspecified atom stereocenters. The molecule has 11 aromatic rings. The quantitative estimate of drug-likeness (QED) is 0.147. The molecular weight excluding hydrogens is 1110 g/mol. The summed E-state index contributed by atoms with van der Waals surface area (Å²) in [6, 6.07) is 87.6. The zero-order valence-electron chi connectivity index (χ0n) is 54.3. The predicted molar refractivity (Wildman–Crippen MR) is 392 cm³/mol. The van der Waals surface area contributed by atoms with Gasteiger partial charge in [0.05, 0.1) is 11.0 Å². The van der Waals surface area contributed by atoms with Crippen LogP contribution in [0.3, 0.4) is 0 Å². The maximum atomic E-state index is 2.65. The van der Waals surface area contributed by atoms with Crippen molar-refractivity contribution in [2.75, 3.05) is 9.80 Å². The third-order valence-corrected chi connectivity index (χ3v) is 21.1. The molecule has 0 fully saturated rings. The smallest absolute Gasteiger partial charge is 0.252 e. The molecule has 10 aromatic carbocycles. The molecule has 92 heavy (non-hydrogen) atoms. The molecule has 6 aliphatic rings. The number of rotatable bonds is 7. The molecule has 3 heterocycles. The van der Waals surface area contributed by atoms with E-state index in [0.717, 1.165) is 23.5 Å². The van der Waals surface area contributed by atoms with E-state index in [0.29, 0.717) is 17.8 Å². The van der Waals surface area contributed by atoms with Crippen molar-refractivity contribution in [1.29, 1.82) is 0 Å². The number of anilines is 6. The molecular formula is C88H76BN3. The first-order valence-electron chi connectivity index (χ1n) is 33.3. The molecule has 1 aromatic heterocycles. The maximum absolute atomic E-state index is 2.65. The summed E-state index contributed by atoms with van der Waals surface area (Å²) in [6.45, 7) is 21.1. The second-order valence-electron chi connectivity index (χ2n) is 29.7. The Bertz CT molecular complexity index is 4990. The Kier molecular flexibility index (Phi) is 12.7. The van der Waals surface area contributed by atoms with E-state index in [1.54, 1.807) is 0 Å². The van der Waals surface area contributed by atoms with Crippen LogP contribution in [0.15, 0.2) is 295 Å². The van der Waals surface area contributed by atoms with Gasteiger partial charge in [-0.15, -0.1) is 0 Å². The molecule has 0 radical (unpaired) electrons. The van der Waals surface area contributed by atoms with Crippen molar-refractivity contribution >= 4 is 84.6 Å². The molecule has 3 atom stereocenters. The largest absolute Gasteiger partial charge is 0.311 e. The lowest BCUT2D eigenvalue weighted by Gasteiger charge is -2.48. The fraction of sp³-hybridized carbons (Fsp3) is 0.182. The number of benzene rings is 10. The monoisotopic (exact) mass is 1190 g/mol. The van der Waals surface area contributed by atoms with Crippen LogP contribution < -0.4 is 26.2 Å². The summed E-state index contributed by atoms with van der Waals surface area (Å²) in [5, 5.41) is 2.50. The third kappa shape index (κ3) is 9.07. The number of para-hydroxylation sites is 2. The minimum absolute atomic E-state index is 0.00116. The van der Waals surface area contributed by atoms with Gasteiger partial charge in [0.15, 0.2) is 0 Å². The third-order valence-electron chi connectivity index (χ3n) is 21.1. The summed E-state index contributed by atoms with van der Waals surface area (Å²) in [5.74, 6) is 1.09. The molecule has 446 valence electrons. The molecule has 2 aliphatic heterocycles. The summed E-state index contributed by atoms with van der Waals surface area (Å²) < 4.78 is 2.48. The van der Waals surface area contributed by atoms with Crippen LogP contribution >= 0.6 is 0 Å². The summed E-state index contributed by atoms with van der Waals surface area (Å²) in [7, 11) is 0. The van der Waals surface area contributed by atoms with Crippen LogP contribution in [-0.4, -0.2) is 11.3 Å². The van der Waals surface area contributed by atoms with E-state index in [-0.39, 0.29) is 23.0 Å². The molecule has 4 heteroatoms. The van der Waals surface area contributed by atoms with Gasteiger partial charge in [-0.1, -0.05) is 268 Å². The first-order valence-corrected chi connectivity index (χ1v) is 33.3. The van der Waals surface area contributed by atoms with Crippen LogP contribution in [0.25, 0.3) is 66.4 Å². The molecule has 4 aliphatic carbocycles. The minimum atomic E-state index is -0.117. The van der Waals surface area contributed by atoms with E-state index in [1.165, 1.54) is 139 Å². The molecule has 0 saturated heterocycles. The number of hydrogen-bond donors (Lipinski definition) is 0. The van der Waals surface area contributed by atoms with Crippen LogP contribution in [0.4, 0.5) is 34.1 Å². The van der Waals surface area contributed by atoms with Gasteiger partial charge in [0.2, 0.25) is 0 Å². The van der Waals surface area contributed by atoms with Crippen LogP contribution in [0, 0.1) is 28.6 Å². The molecule has 0 saturated carbocycles. The Morgan fingerprint density at radius 1 is 0.391 bits per heavy atom.